The van der Waals surface area contributed by atoms with Crippen molar-refractivity contribution in [1.82, 2.24) is 15.3 Å². The lowest BCUT2D eigenvalue weighted by molar-refractivity contribution is 0.551. The van der Waals surface area contributed by atoms with Gasteiger partial charge in [0.15, 0.2) is 5.16 Å². The summed E-state index contributed by atoms with van der Waals surface area (Å²) >= 11 is 1.75. The third-order valence-corrected chi connectivity index (χ3v) is 3.83. The summed E-state index contributed by atoms with van der Waals surface area (Å²) in [6, 6.07) is 0. The molecule has 0 aliphatic rings. The van der Waals surface area contributed by atoms with Crippen molar-refractivity contribution in [3.05, 3.63) is 17.0 Å². The van der Waals surface area contributed by atoms with E-state index in [1.165, 1.54) is 5.56 Å². The Hall–Kier alpha value is -0.610. The van der Waals surface area contributed by atoms with Crippen molar-refractivity contribution in [2.45, 2.75) is 46.2 Å². The lowest BCUT2D eigenvalue weighted by Crippen LogP contribution is -2.21. The van der Waals surface area contributed by atoms with Crippen molar-refractivity contribution in [2.75, 3.05) is 18.8 Å². The summed E-state index contributed by atoms with van der Waals surface area (Å²) in [5, 5.41) is 4.36. The first-order valence-corrected chi connectivity index (χ1v) is 7.64. The van der Waals surface area contributed by atoms with Gasteiger partial charge in [0.25, 0.3) is 0 Å². The average Bonchev–Trinajstić information content (AvgIpc) is 2.30. The van der Waals surface area contributed by atoms with Crippen LogP contribution in [0.25, 0.3) is 0 Å². The molecule has 0 fully saturated rings. The Morgan fingerprint density at radius 2 is 1.72 bits per heavy atom. The highest BCUT2D eigenvalue weighted by Gasteiger charge is 2.04. The van der Waals surface area contributed by atoms with Crippen LogP contribution in [0.15, 0.2) is 5.16 Å². The second-order valence-corrected chi connectivity index (χ2v) is 6.16. The normalized spacial score (nSPS) is 11.2. The minimum absolute atomic E-state index is 0.725. The van der Waals surface area contributed by atoms with Crippen molar-refractivity contribution in [2.24, 2.45) is 5.92 Å². The van der Waals surface area contributed by atoms with E-state index in [-0.39, 0.29) is 0 Å². The minimum atomic E-state index is 0.725. The third-order valence-electron chi connectivity index (χ3n) is 2.89. The standard InChI is InChI=1S/C14H25N3S/c1-10(2)9-15-7-6-8-18-14-16-12(4)11(3)13(5)17-14/h10,15H,6-9H2,1-5H3. The van der Waals surface area contributed by atoms with Gasteiger partial charge in [-0.05, 0) is 51.8 Å². The second kappa shape index (κ2) is 7.74. The Bertz CT molecular complexity index is 354. The van der Waals surface area contributed by atoms with E-state index >= 15 is 0 Å². The molecular formula is C14H25N3S. The van der Waals surface area contributed by atoms with Crippen LogP contribution in [-0.2, 0) is 0 Å². The summed E-state index contributed by atoms with van der Waals surface area (Å²) in [5.74, 6) is 1.80. The molecule has 4 heteroatoms. The lowest BCUT2D eigenvalue weighted by Gasteiger charge is -2.08. The molecule has 0 aromatic carbocycles. The fourth-order valence-electron chi connectivity index (χ4n) is 1.56. The van der Waals surface area contributed by atoms with Gasteiger partial charge in [-0.25, -0.2) is 9.97 Å². The summed E-state index contributed by atoms with van der Waals surface area (Å²) < 4.78 is 0. The Morgan fingerprint density at radius 1 is 1.11 bits per heavy atom. The minimum Gasteiger partial charge on any atom is -0.316 e. The fraction of sp³-hybridized carbons (Fsp3) is 0.714. The van der Waals surface area contributed by atoms with Crippen LogP contribution in [0, 0.1) is 26.7 Å². The summed E-state index contributed by atoms with van der Waals surface area (Å²) in [5.41, 5.74) is 3.41. The zero-order chi connectivity index (χ0) is 13.5. The van der Waals surface area contributed by atoms with Crippen LogP contribution in [0.5, 0.6) is 0 Å². The number of nitrogens with zero attached hydrogens (tertiary/aromatic N) is 2. The van der Waals surface area contributed by atoms with Gasteiger partial charge in [0.05, 0.1) is 0 Å². The van der Waals surface area contributed by atoms with E-state index in [1.807, 2.05) is 0 Å². The van der Waals surface area contributed by atoms with Crippen molar-refractivity contribution in [1.29, 1.82) is 0 Å². The highest BCUT2D eigenvalue weighted by atomic mass is 32.2. The van der Waals surface area contributed by atoms with E-state index in [4.69, 9.17) is 0 Å². The van der Waals surface area contributed by atoms with Crippen LogP contribution in [0.2, 0.25) is 0 Å². The number of hydrogen-bond donors (Lipinski definition) is 1. The van der Waals surface area contributed by atoms with Gasteiger partial charge in [0.2, 0.25) is 0 Å². The molecule has 0 saturated carbocycles. The van der Waals surface area contributed by atoms with Gasteiger partial charge in [-0.3, -0.25) is 0 Å². The number of nitrogens with one attached hydrogen (secondary N) is 1. The molecule has 1 aromatic rings. The molecule has 0 saturated heterocycles. The molecule has 1 N–H and O–H groups in total. The van der Waals surface area contributed by atoms with Crippen LogP contribution in [0.3, 0.4) is 0 Å². The summed E-state index contributed by atoms with van der Waals surface area (Å²) in [6.45, 7) is 12.8. The van der Waals surface area contributed by atoms with Gasteiger partial charge in [-0.15, -0.1) is 0 Å². The Balaban J connectivity index is 2.27. The molecule has 0 aliphatic heterocycles. The van der Waals surface area contributed by atoms with Gasteiger partial charge in [0, 0.05) is 17.1 Å². The Morgan fingerprint density at radius 3 is 2.28 bits per heavy atom. The van der Waals surface area contributed by atoms with Crippen LogP contribution in [0.4, 0.5) is 0 Å². The van der Waals surface area contributed by atoms with Crippen molar-refractivity contribution in [3.8, 4) is 0 Å². The quantitative estimate of drug-likeness (QED) is 0.468. The largest absolute Gasteiger partial charge is 0.316 e. The molecule has 102 valence electrons. The molecule has 0 spiro atoms. The van der Waals surface area contributed by atoms with E-state index in [2.05, 4.69) is 49.9 Å². The average molecular weight is 267 g/mol. The van der Waals surface area contributed by atoms with Crippen molar-refractivity contribution >= 4 is 11.8 Å². The van der Waals surface area contributed by atoms with E-state index < -0.39 is 0 Å². The zero-order valence-electron chi connectivity index (χ0n) is 12.2. The molecule has 1 aromatic heterocycles. The topological polar surface area (TPSA) is 37.8 Å². The maximum atomic E-state index is 4.51. The predicted octanol–water partition coefficient (Wildman–Crippen LogP) is 3.13. The summed E-state index contributed by atoms with van der Waals surface area (Å²) in [4.78, 5) is 9.02. The summed E-state index contributed by atoms with van der Waals surface area (Å²) in [7, 11) is 0. The maximum Gasteiger partial charge on any atom is 0.187 e. The molecule has 0 atom stereocenters. The molecule has 0 aliphatic carbocycles. The molecule has 3 nitrogen and oxygen atoms in total. The lowest BCUT2D eigenvalue weighted by atomic mass is 10.2. The van der Waals surface area contributed by atoms with Crippen molar-refractivity contribution in [3.63, 3.8) is 0 Å². The van der Waals surface area contributed by atoms with Crippen LogP contribution in [0.1, 0.15) is 37.2 Å². The first-order valence-electron chi connectivity index (χ1n) is 6.66. The smallest absolute Gasteiger partial charge is 0.187 e. The van der Waals surface area contributed by atoms with Gasteiger partial charge in [0.1, 0.15) is 0 Å². The van der Waals surface area contributed by atoms with Gasteiger partial charge in [-0.1, -0.05) is 25.6 Å². The molecule has 0 bridgehead atoms. The number of rotatable bonds is 7. The maximum absolute atomic E-state index is 4.51. The monoisotopic (exact) mass is 267 g/mol. The predicted molar refractivity (Wildman–Crippen MR) is 79.3 cm³/mol. The van der Waals surface area contributed by atoms with Crippen LogP contribution < -0.4 is 5.32 Å². The molecule has 18 heavy (non-hydrogen) atoms. The van der Waals surface area contributed by atoms with Gasteiger partial charge >= 0.3 is 0 Å². The number of hydrogen-bond acceptors (Lipinski definition) is 4. The number of aromatic nitrogens is 2. The van der Waals surface area contributed by atoms with Crippen LogP contribution >= 0.6 is 11.8 Å². The fourth-order valence-corrected chi connectivity index (χ4v) is 2.43. The second-order valence-electron chi connectivity index (χ2n) is 5.10. The first-order chi connectivity index (χ1) is 8.50. The molecular weight excluding hydrogens is 242 g/mol. The van der Waals surface area contributed by atoms with E-state index in [0.717, 1.165) is 47.7 Å². The molecule has 1 heterocycles. The molecule has 1 rings (SSSR count). The highest BCUT2D eigenvalue weighted by Crippen LogP contribution is 2.17. The van der Waals surface area contributed by atoms with Gasteiger partial charge < -0.3 is 5.32 Å². The highest BCUT2D eigenvalue weighted by molar-refractivity contribution is 7.99. The SMILES string of the molecule is Cc1nc(SCCCNCC(C)C)nc(C)c1C. The van der Waals surface area contributed by atoms with Crippen molar-refractivity contribution < 1.29 is 0 Å². The van der Waals surface area contributed by atoms with E-state index in [1.54, 1.807) is 11.8 Å². The zero-order valence-corrected chi connectivity index (χ0v) is 13.0. The Labute approximate surface area is 115 Å². The number of aryl methyl sites for hydroxylation is 2. The number of thioether (sulfide) groups is 1. The van der Waals surface area contributed by atoms with Gasteiger partial charge in [-0.2, -0.15) is 0 Å². The third kappa shape index (κ3) is 5.36. The van der Waals surface area contributed by atoms with Crippen LogP contribution in [-0.4, -0.2) is 28.8 Å². The first kappa shape index (κ1) is 15.4. The molecule has 0 amide bonds. The van der Waals surface area contributed by atoms with E-state index in [0.29, 0.717) is 0 Å². The van der Waals surface area contributed by atoms with E-state index in [9.17, 15) is 0 Å². The Kier molecular flexibility index (Phi) is 6.65. The molecule has 0 unspecified atom stereocenters. The summed E-state index contributed by atoms with van der Waals surface area (Å²) in [6.07, 6.45) is 1.16. The molecule has 0 radical (unpaired) electrons.